The number of hydrogen-bond donors (Lipinski definition) is 1. The van der Waals surface area contributed by atoms with E-state index in [4.69, 9.17) is 4.74 Å². The molecular weight excluding hydrogens is 278 g/mol. The Labute approximate surface area is 131 Å². The Kier molecular flexibility index (Phi) is 5.44. The highest BCUT2D eigenvalue weighted by molar-refractivity contribution is 7.15. The van der Waals surface area contributed by atoms with Crippen molar-refractivity contribution in [2.45, 2.75) is 25.8 Å². The topological polar surface area (TPSA) is 21.3 Å². The fourth-order valence-corrected chi connectivity index (χ4v) is 3.26. The van der Waals surface area contributed by atoms with E-state index in [1.54, 1.807) is 0 Å². The van der Waals surface area contributed by atoms with Crippen LogP contribution in [0.2, 0.25) is 0 Å². The van der Waals surface area contributed by atoms with Crippen LogP contribution in [-0.2, 0) is 11.3 Å². The molecule has 0 bridgehead atoms. The first-order chi connectivity index (χ1) is 10.4. The normalized spacial score (nSPS) is 14.5. The number of ether oxygens (including phenoxy) is 1. The van der Waals surface area contributed by atoms with Gasteiger partial charge in [0.15, 0.2) is 0 Å². The Morgan fingerprint density at radius 1 is 1.10 bits per heavy atom. The zero-order chi connectivity index (χ0) is 14.3. The largest absolute Gasteiger partial charge is 0.381 e. The van der Waals surface area contributed by atoms with Gasteiger partial charge in [-0.25, -0.2) is 0 Å². The summed E-state index contributed by atoms with van der Waals surface area (Å²) >= 11 is 1.87. The Morgan fingerprint density at radius 3 is 2.76 bits per heavy atom. The smallest absolute Gasteiger partial charge is 0.0494 e. The lowest BCUT2D eigenvalue weighted by Crippen LogP contribution is -2.15. The molecule has 1 aliphatic rings. The number of nitrogens with one attached hydrogen (secondary N) is 1. The summed E-state index contributed by atoms with van der Waals surface area (Å²) in [4.78, 5) is 2.74. The second-order valence-corrected chi connectivity index (χ2v) is 6.85. The fraction of sp³-hybridized carbons (Fsp3) is 0.444. The Balaban J connectivity index is 1.33. The van der Waals surface area contributed by atoms with Crippen LogP contribution in [0.1, 0.15) is 24.1 Å². The molecule has 1 N–H and O–H groups in total. The summed E-state index contributed by atoms with van der Waals surface area (Å²) in [6.07, 6.45) is 3.85. The fourth-order valence-electron chi connectivity index (χ4n) is 2.28. The zero-order valence-electron chi connectivity index (χ0n) is 12.4. The Bertz CT molecular complexity index is 533. The molecule has 0 saturated heterocycles. The number of rotatable bonds is 9. The monoisotopic (exact) mass is 301 g/mol. The molecule has 112 valence electrons. The van der Waals surface area contributed by atoms with Crippen molar-refractivity contribution in [2.75, 3.05) is 19.8 Å². The van der Waals surface area contributed by atoms with E-state index in [0.717, 1.165) is 38.6 Å². The quantitative estimate of drug-likeness (QED) is 0.696. The van der Waals surface area contributed by atoms with Gasteiger partial charge in [0, 0.05) is 29.5 Å². The second-order valence-electron chi connectivity index (χ2n) is 5.68. The van der Waals surface area contributed by atoms with Gasteiger partial charge in [0.25, 0.3) is 0 Å². The molecule has 0 amide bonds. The van der Waals surface area contributed by atoms with Crippen molar-refractivity contribution in [1.82, 2.24) is 5.32 Å². The minimum Gasteiger partial charge on any atom is -0.381 e. The number of hydrogen-bond acceptors (Lipinski definition) is 3. The van der Waals surface area contributed by atoms with Gasteiger partial charge in [-0.05, 0) is 49.4 Å². The molecule has 1 saturated carbocycles. The van der Waals surface area contributed by atoms with E-state index < -0.39 is 0 Å². The van der Waals surface area contributed by atoms with E-state index in [1.165, 1.54) is 28.2 Å². The highest BCUT2D eigenvalue weighted by atomic mass is 32.1. The van der Waals surface area contributed by atoms with Gasteiger partial charge in [0.05, 0.1) is 0 Å². The summed E-state index contributed by atoms with van der Waals surface area (Å²) in [6.45, 7) is 3.86. The first-order valence-corrected chi connectivity index (χ1v) is 8.66. The van der Waals surface area contributed by atoms with Gasteiger partial charge in [-0.15, -0.1) is 11.3 Å². The first kappa shape index (κ1) is 14.8. The van der Waals surface area contributed by atoms with Gasteiger partial charge >= 0.3 is 0 Å². The molecule has 3 heteroatoms. The molecule has 2 nitrogen and oxygen atoms in total. The van der Waals surface area contributed by atoms with Gasteiger partial charge in [0.2, 0.25) is 0 Å². The molecule has 1 aliphatic carbocycles. The third-order valence-corrected chi connectivity index (χ3v) is 4.85. The maximum absolute atomic E-state index is 5.63. The minimum absolute atomic E-state index is 0.875. The van der Waals surface area contributed by atoms with Crippen LogP contribution >= 0.6 is 11.3 Å². The maximum Gasteiger partial charge on any atom is 0.0494 e. The van der Waals surface area contributed by atoms with Crippen LogP contribution < -0.4 is 5.32 Å². The van der Waals surface area contributed by atoms with E-state index >= 15 is 0 Å². The van der Waals surface area contributed by atoms with Gasteiger partial charge in [-0.1, -0.05) is 30.3 Å². The van der Waals surface area contributed by atoms with Crippen molar-refractivity contribution in [3.8, 4) is 10.4 Å². The second kappa shape index (κ2) is 7.74. The van der Waals surface area contributed by atoms with Gasteiger partial charge in [-0.3, -0.25) is 0 Å². The molecule has 1 aromatic heterocycles. The predicted octanol–water partition coefficient (Wildman–Crippen LogP) is 4.32. The van der Waals surface area contributed by atoms with Crippen molar-refractivity contribution < 1.29 is 4.74 Å². The predicted molar refractivity (Wildman–Crippen MR) is 89.6 cm³/mol. The van der Waals surface area contributed by atoms with Crippen molar-refractivity contribution in [1.29, 1.82) is 0 Å². The molecule has 0 aliphatic heterocycles. The van der Waals surface area contributed by atoms with E-state index in [1.807, 2.05) is 11.3 Å². The van der Waals surface area contributed by atoms with Crippen molar-refractivity contribution in [3.63, 3.8) is 0 Å². The van der Waals surface area contributed by atoms with Crippen LogP contribution in [0.5, 0.6) is 0 Å². The lowest BCUT2D eigenvalue weighted by molar-refractivity contribution is 0.122. The molecule has 0 spiro atoms. The van der Waals surface area contributed by atoms with Crippen LogP contribution in [0, 0.1) is 5.92 Å². The Morgan fingerprint density at radius 2 is 1.95 bits per heavy atom. The molecule has 0 unspecified atom stereocenters. The third kappa shape index (κ3) is 4.95. The van der Waals surface area contributed by atoms with Crippen molar-refractivity contribution >= 4 is 11.3 Å². The molecule has 21 heavy (non-hydrogen) atoms. The molecule has 0 radical (unpaired) electrons. The molecule has 3 rings (SSSR count). The summed E-state index contributed by atoms with van der Waals surface area (Å²) in [5, 5.41) is 3.50. The molecule has 2 aromatic rings. The summed E-state index contributed by atoms with van der Waals surface area (Å²) in [6, 6.07) is 15.0. The van der Waals surface area contributed by atoms with Gasteiger partial charge in [0.1, 0.15) is 0 Å². The van der Waals surface area contributed by atoms with E-state index in [9.17, 15) is 0 Å². The Hall–Kier alpha value is -1.16. The molecule has 1 fully saturated rings. The SMILES string of the molecule is c1ccc(-c2ccc(CNCCCOCC3CC3)s2)cc1. The average Bonchev–Trinajstić information content (AvgIpc) is 3.23. The highest BCUT2D eigenvalue weighted by Crippen LogP contribution is 2.29. The van der Waals surface area contributed by atoms with Crippen LogP contribution in [0.25, 0.3) is 10.4 Å². The van der Waals surface area contributed by atoms with Crippen molar-refractivity contribution in [2.24, 2.45) is 5.92 Å². The standard InChI is InChI=1S/C18H23NOS/c1-2-5-16(6-3-1)18-10-9-17(21-18)13-19-11-4-12-20-14-15-7-8-15/h1-3,5-6,9-10,15,19H,4,7-8,11-14H2. The summed E-state index contributed by atoms with van der Waals surface area (Å²) in [5.41, 5.74) is 1.31. The van der Waals surface area contributed by atoms with Gasteiger partial charge in [-0.2, -0.15) is 0 Å². The average molecular weight is 301 g/mol. The van der Waals surface area contributed by atoms with Crippen LogP contribution in [0.15, 0.2) is 42.5 Å². The lowest BCUT2D eigenvalue weighted by atomic mass is 10.2. The lowest BCUT2D eigenvalue weighted by Gasteiger charge is -2.04. The van der Waals surface area contributed by atoms with Gasteiger partial charge < -0.3 is 10.1 Å². The molecule has 0 atom stereocenters. The number of thiophene rings is 1. The molecule has 1 heterocycles. The highest BCUT2D eigenvalue weighted by Gasteiger charge is 2.20. The third-order valence-electron chi connectivity index (χ3n) is 3.71. The van der Waals surface area contributed by atoms with E-state index in [0.29, 0.717) is 0 Å². The summed E-state index contributed by atoms with van der Waals surface area (Å²) in [7, 11) is 0. The van der Waals surface area contributed by atoms with Crippen LogP contribution in [0.3, 0.4) is 0 Å². The van der Waals surface area contributed by atoms with E-state index in [-0.39, 0.29) is 0 Å². The molecule has 1 aromatic carbocycles. The first-order valence-electron chi connectivity index (χ1n) is 7.84. The summed E-state index contributed by atoms with van der Waals surface area (Å²) in [5.74, 6) is 0.875. The van der Waals surface area contributed by atoms with E-state index in [2.05, 4.69) is 47.8 Å². The zero-order valence-corrected chi connectivity index (χ0v) is 13.2. The summed E-state index contributed by atoms with van der Waals surface area (Å²) < 4.78 is 5.63. The molecular formula is C18H23NOS. The minimum atomic E-state index is 0.875. The van der Waals surface area contributed by atoms with Crippen LogP contribution in [-0.4, -0.2) is 19.8 Å². The number of benzene rings is 1. The maximum atomic E-state index is 5.63. The van der Waals surface area contributed by atoms with Crippen LogP contribution in [0.4, 0.5) is 0 Å². The van der Waals surface area contributed by atoms with Crippen molar-refractivity contribution in [3.05, 3.63) is 47.3 Å².